The van der Waals surface area contributed by atoms with Crippen LogP contribution < -0.4 is 5.32 Å². The van der Waals surface area contributed by atoms with E-state index < -0.39 is 5.54 Å². The molecule has 0 unspecified atom stereocenters. The van der Waals surface area contributed by atoms with E-state index in [-0.39, 0.29) is 24.4 Å². The van der Waals surface area contributed by atoms with Gasteiger partial charge in [0, 0.05) is 6.04 Å². The molecule has 1 N–H and O–H groups in total. The smallest absolute Gasteiger partial charge is 0.271 e. The van der Waals surface area contributed by atoms with E-state index in [1.54, 1.807) is 22.5 Å². The molecule has 3 aromatic heterocycles. The van der Waals surface area contributed by atoms with Crippen molar-refractivity contribution in [3.8, 4) is 0 Å². The van der Waals surface area contributed by atoms with Gasteiger partial charge in [0.1, 0.15) is 17.0 Å². The minimum absolute atomic E-state index is 0.0688. The van der Waals surface area contributed by atoms with Gasteiger partial charge in [-0.3, -0.25) is 9.59 Å². The van der Waals surface area contributed by atoms with Crippen LogP contribution in [0.15, 0.2) is 40.3 Å². The molecule has 2 amide bonds. The summed E-state index contributed by atoms with van der Waals surface area (Å²) in [5.41, 5.74) is 0.674. The van der Waals surface area contributed by atoms with Crippen LogP contribution in [0.1, 0.15) is 68.1 Å². The second kappa shape index (κ2) is 8.19. The number of amides is 2. The fourth-order valence-corrected chi connectivity index (χ4v) is 5.84. The Labute approximate surface area is 186 Å². The minimum atomic E-state index is -0.993. The quantitative estimate of drug-likeness (QED) is 0.626. The number of nitrogens with zero attached hydrogens (tertiary/aromatic N) is 2. The van der Waals surface area contributed by atoms with E-state index in [0.717, 1.165) is 35.9 Å². The zero-order valence-electron chi connectivity index (χ0n) is 17.9. The summed E-state index contributed by atoms with van der Waals surface area (Å²) in [7, 11) is 0. The van der Waals surface area contributed by atoms with Gasteiger partial charge in [-0.2, -0.15) is 0 Å². The first kappa shape index (κ1) is 20.4. The molecule has 164 valence electrons. The Kier molecular flexibility index (Phi) is 5.38. The maximum Gasteiger partial charge on any atom is 0.271 e. The lowest BCUT2D eigenvalue weighted by Gasteiger charge is -2.44. The van der Waals surface area contributed by atoms with Crippen molar-refractivity contribution in [3.63, 3.8) is 0 Å². The molecule has 1 aliphatic carbocycles. The van der Waals surface area contributed by atoms with Crippen molar-refractivity contribution in [2.24, 2.45) is 0 Å². The van der Waals surface area contributed by atoms with Crippen molar-refractivity contribution in [1.29, 1.82) is 0 Å². The highest BCUT2D eigenvalue weighted by atomic mass is 32.1. The summed E-state index contributed by atoms with van der Waals surface area (Å²) in [6.07, 6.45) is 9.67. The van der Waals surface area contributed by atoms with Crippen LogP contribution in [0.4, 0.5) is 0 Å². The molecule has 0 bridgehead atoms. The first-order valence-electron chi connectivity index (χ1n) is 11.3. The monoisotopic (exact) mass is 439 g/mol. The maximum atomic E-state index is 13.7. The van der Waals surface area contributed by atoms with Crippen LogP contribution >= 0.6 is 11.3 Å². The first-order chi connectivity index (χ1) is 15.1. The maximum absolute atomic E-state index is 13.7. The SMILES string of the molecule is C[C@@]1(C(=O)NC2CCCCCCC2)Cn2c(cc3sccc32)C(=O)N1Cc1ccco1. The molecule has 6 nitrogen and oxygen atoms in total. The number of carbonyl (C=O) groups is 2. The molecule has 1 aliphatic heterocycles. The molecule has 0 radical (unpaired) electrons. The Morgan fingerprint density at radius 1 is 1.23 bits per heavy atom. The fourth-order valence-electron chi connectivity index (χ4n) is 5.02. The van der Waals surface area contributed by atoms with Crippen LogP contribution in [0.5, 0.6) is 0 Å². The molecule has 2 aliphatic rings. The van der Waals surface area contributed by atoms with Gasteiger partial charge in [-0.05, 0) is 49.4 Å². The van der Waals surface area contributed by atoms with Crippen LogP contribution in [0.25, 0.3) is 10.2 Å². The van der Waals surface area contributed by atoms with Crippen LogP contribution in [0.3, 0.4) is 0 Å². The Bertz CT molecular complexity index is 1080. The van der Waals surface area contributed by atoms with Gasteiger partial charge in [0.15, 0.2) is 0 Å². The van der Waals surface area contributed by atoms with Gasteiger partial charge in [-0.25, -0.2) is 0 Å². The van der Waals surface area contributed by atoms with Crippen molar-refractivity contribution in [2.75, 3.05) is 0 Å². The molecule has 4 heterocycles. The molecule has 0 aromatic carbocycles. The summed E-state index contributed by atoms with van der Waals surface area (Å²) in [5, 5.41) is 5.35. The molecule has 7 heteroatoms. The summed E-state index contributed by atoms with van der Waals surface area (Å²) < 4.78 is 8.63. The summed E-state index contributed by atoms with van der Waals surface area (Å²) in [6, 6.07) is 7.83. The molecule has 1 saturated carbocycles. The molecule has 1 fully saturated rings. The third kappa shape index (κ3) is 3.69. The summed E-state index contributed by atoms with van der Waals surface area (Å²) >= 11 is 1.62. The van der Waals surface area contributed by atoms with E-state index in [9.17, 15) is 9.59 Å². The zero-order chi connectivity index (χ0) is 21.4. The lowest BCUT2D eigenvalue weighted by molar-refractivity contribution is -0.134. The Morgan fingerprint density at radius 3 is 2.74 bits per heavy atom. The second-order valence-electron chi connectivity index (χ2n) is 9.05. The average Bonchev–Trinajstić information content (AvgIpc) is 3.46. The normalized spacial score (nSPS) is 22.9. The summed E-state index contributed by atoms with van der Waals surface area (Å²) in [4.78, 5) is 29.0. The summed E-state index contributed by atoms with van der Waals surface area (Å²) in [5.74, 6) is 0.488. The molecule has 1 atom stereocenters. The van der Waals surface area contributed by atoms with Crippen LogP contribution in [-0.2, 0) is 17.9 Å². The zero-order valence-corrected chi connectivity index (χ0v) is 18.7. The molecular weight excluding hydrogens is 410 g/mol. The van der Waals surface area contributed by atoms with E-state index in [2.05, 4.69) is 5.32 Å². The highest BCUT2D eigenvalue weighted by Crippen LogP contribution is 2.35. The van der Waals surface area contributed by atoms with Crippen molar-refractivity contribution >= 4 is 33.4 Å². The van der Waals surface area contributed by atoms with E-state index in [1.165, 1.54) is 19.3 Å². The third-order valence-electron chi connectivity index (χ3n) is 6.87. The average molecular weight is 440 g/mol. The Hall–Kier alpha value is -2.54. The first-order valence-corrected chi connectivity index (χ1v) is 12.2. The van der Waals surface area contributed by atoms with Crippen molar-refractivity contribution < 1.29 is 14.0 Å². The van der Waals surface area contributed by atoms with Gasteiger partial charge in [-0.15, -0.1) is 11.3 Å². The van der Waals surface area contributed by atoms with Crippen molar-refractivity contribution in [3.05, 3.63) is 47.4 Å². The Morgan fingerprint density at radius 2 is 2.00 bits per heavy atom. The van der Waals surface area contributed by atoms with Gasteiger partial charge in [0.2, 0.25) is 5.91 Å². The van der Waals surface area contributed by atoms with Gasteiger partial charge in [0.05, 0.1) is 29.6 Å². The van der Waals surface area contributed by atoms with Gasteiger partial charge >= 0.3 is 0 Å². The number of hydrogen-bond acceptors (Lipinski definition) is 4. The molecule has 31 heavy (non-hydrogen) atoms. The third-order valence-corrected chi connectivity index (χ3v) is 7.73. The second-order valence-corrected chi connectivity index (χ2v) is 9.99. The number of fused-ring (bicyclic) bond motifs is 3. The van der Waals surface area contributed by atoms with Crippen LogP contribution in [0.2, 0.25) is 0 Å². The highest BCUT2D eigenvalue weighted by Gasteiger charge is 2.48. The van der Waals surface area contributed by atoms with E-state index in [1.807, 2.05) is 41.1 Å². The van der Waals surface area contributed by atoms with Gasteiger partial charge < -0.3 is 19.2 Å². The van der Waals surface area contributed by atoms with Gasteiger partial charge in [0.25, 0.3) is 5.91 Å². The Balaban J connectivity index is 1.48. The molecule has 5 rings (SSSR count). The number of nitrogens with one attached hydrogen (secondary N) is 1. The van der Waals surface area contributed by atoms with Crippen LogP contribution in [0, 0.1) is 0 Å². The van der Waals surface area contributed by atoms with E-state index in [4.69, 9.17) is 4.42 Å². The number of thiophene rings is 1. The molecule has 0 saturated heterocycles. The molecular formula is C24H29N3O3S. The van der Waals surface area contributed by atoms with Crippen LogP contribution in [-0.4, -0.2) is 32.9 Å². The van der Waals surface area contributed by atoms with E-state index in [0.29, 0.717) is 18.0 Å². The van der Waals surface area contributed by atoms with Crippen molar-refractivity contribution in [1.82, 2.24) is 14.8 Å². The minimum Gasteiger partial charge on any atom is -0.467 e. The number of hydrogen-bond donors (Lipinski definition) is 1. The lowest BCUT2D eigenvalue weighted by Crippen LogP contribution is -2.64. The molecule has 3 aromatic rings. The predicted molar refractivity (Wildman–Crippen MR) is 121 cm³/mol. The number of aromatic nitrogens is 1. The van der Waals surface area contributed by atoms with Gasteiger partial charge in [-0.1, -0.05) is 32.1 Å². The topological polar surface area (TPSA) is 67.5 Å². The van der Waals surface area contributed by atoms with Crippen molar-refractivity contribution in [2.45, 2.75) is 76.5 Å². The largest absolute Gasteiger partial charge is 0.467 e. The predicted octanol–water partition coefficient (Wildman–Crippen LogP) is 4.94. The number of furan rings is 1. The standard InChI is InChI=1S/C24H29N3O3S/c1-24(23(29)25-17-8-5-3-2-4-6-9-17)16-26-19-11-13-31-21(19)14-20(26)22(28)27(24)15-18-10-7-12-30-18/h7,10-14,17H,2-6,8-9,15-16H2,1H3,(H,25,29)/t24-/m0/s1. The number of rotatable bonds is 4. The highest BCUT2D eigenvalue weighted by molar-refractivity contribution is 7.17. The molecule has 0 spiro atoms. The number of carbonyl (C=O) groups excluding carboxylic acids is 2. The van der Waals surface area contributed by atoms with E-state index >= 15 is 0 Å². The fraction of sp³-hybridized carbons (Fsp3) is 0.500. The lowest BCUT2D eigenvalue weighted by atomic mass is 9.92. The summed E-state index contributed by atoms with van der Waals surface area (Å²) in [6.45, 7) is 2.61.